The molecule has 1 aliphatic carbocycles. The van der Waals surface area contributed by atoms with Crippen molar-refractivity contribution in [2.75, 3.05) is 6.54 Å². The number of sulfonamides is 1. The molecule has 3 heterocycles. The molecule has 9 heteroatoms. The lowest BCUT2D eigenvalue weighted by atomic mass is 10.0. The molecule has 2 aliphatic rings. The van der Waals surface area contributed by atoms with Crippen LogP contribution in [0.3, 0.4) is 0 Å². The zero-order chi connectivity index (χ0) is 19.0. The lowest BCUT2D eigenvalue weighted by Crippen LogP contribution is -2.50. The molecule has 1 N–H and O–H groups in total. The van der Waals surface area contributed by atoms with Crippen molar-refractivity contribution in [3.8, 4) is 0 Å². The molecule has 0 bridgehead atoms. The van der Waals surface area contributed by atoms with Crippen molar-refractivity contribution in [3.63, 3.8) is 0 Å². The first kappa shape index (κ1) is 18.1. The molecule has 0 spiro atoms. The van der Waals surface area contributed by atoms with Crippen LogP contribution in [0.2, 0.25) is 0 Å². The van der Waals surface area contributed by atoms with E-state index in [1.807, 2.05) is 6.92 Å². The summed E-state index contributed by atoms with van der Waals surface area (Å²) in [6.07, 6.45) is 6.15. The Bertz CT molecular complexity index is 924. The largest absolute Gasteiger partial charge is 0.360 e. The Morgan fingerprint density at radius 2 is 2.15 bits per heavy atom. The SMILES string of the molecule is C[C@H]1C[C@@H](NC(=O)c2cc(C3CC3)on2)CCN1S(=O)(=O)c1cccnc1. The highest BCUT2D eigenvalue weighted by Gasteiger charge is 2.35. The first-order valence-electron chi connectivity index (χ1n) is 9.14. The quantitative estimate of drug-likeness (QED) is 0.836. The lowest BCUT2D eigenvalue weighted by Gasteiger charge is -2.36. The zero-order valence-corrected chi connectivity index (χ0v) is 15.9. The van der Waals surface area contributed by atoms with E-state index in [0.717, 1.165) is 18.6 Å². The summed E-state index contributed by atoms with van der Waals surface area (Å²) in [5.74, 6) is 0.900. The molecule has 2 fully saturated rings. The smallest absolute Gasteiger partial charge is 0.273 e. The van der Waals surface area contributed by atoms with Gasteiger partial charge in [0.1, 0.15) is 10.7 Å². The van der Waals surface area contributed by atoms with E-state index in [0.29, 0.717) is 25.3 Å². The van der Waals surface area contributed by atoms with Gasteiger partial charge in [-0.15, -0.1) is 0 Å². The second kappa shape index (κ2) is 7.05. The fraction of sp³-hybridized carbons (Fsp3) is 0.500. The van der Waals surface area contributed by atoms with Gasteiger partial charge in [-0.25, -0.2) is 8.42 Å². The summed E-state index contributed by atoms with van der Waals surface area (Å²) in [5, 5.41) is 6.81. The third-order valence-electron chi connectivity index (χ3n) is 5.13. The third-order valence-corrected chi connectivity index (χ3v) is 7.13. The van der Waals surface area contributed by atoms with Crippen LogP contribution in [0.15, 0.2) is 40.0 Å². The number of aromatic nitrogens is 2. The molecule has 1 aliphatic heterocycles. The number of hydrogen-bond donors (Lipinski definition) is 1. The van der Waals surface area contributed by atoms with Crippen molar-refractivity contribution in [3.05, 3.63) is 42.0 Å². The number of carbonyl (C=O) groups is 1. The van der Waals surface area contributed by atoms with Crippen LogP contribution in [0, 0.1) is 0 Å². The van der Waals surface area contributed by atoms with Crippen LogP contribution in [0.25, 0.3) is 0 Å². The monoisotopic (exact) mass is 390 g/mol. The van der Waals surface area contributed by atoms with E-state index in [-0.39, 0.29) is 28.6 Å². The molecule has 8 nitrogen and oxygen atoms in total. The summed E-state index contributed by atoms with van der Waals surface area (Å²) in [4.78, 5) is 16.5. The summed E-state index contributed by atoms with van der Waals surface area (Å²) in [6, 6.07) is 4.53. The van der Waals surface area contributed by atoms with Gasteiger partial charge in [0, 0.05) is 43.0 Å². The molecule has 0 unspecified atom stereocenters. The Balaban J connectivity index is 1.38. The van der Waals surface area contributed by atoms with Gasteiger partial charge in [0.25, 0.3) is 5.91 Å². The van der Waals surface area contributed by atoms with Crippen LogP contribution in [-0.2, 0) is 10.0 Å². The topological polar surface area (TPSA) is 105 Å². The zero-order valence-electron chi connectivity index (χ0n) is 15.0. The number of nitrogens with one attached hydrogen (secondary N) is 1. The minimum atomic E-state index is -3.58. The van der Waals surface area contributed by atoms with Crippen LogP contribution in [-0.4, -0.2) is 47.4 Å². The fourth-order valence-corrected chi connectivity index (χ4v) is 5.11. The highest BCUT2D eigenvalue weighted by molar-refractivity contribution is 7.89. The molecule has 1 saturated heterocycles. The van der Waals surface area contributed by atoms with Crippen LogP contribution in [0.4, 0.5) is 0 Å². The Morgan fingerprint density at radius 1 is 1.33 bits per heavy atom. The van der Waals surface area contributed by atoms with E-state index in [4.69, 9.17) is 4.52 Å². The van der Waals surface area contributed by atoms with Crippen molar-refractivity contribution < 1.29 is 17.7 Å². The van der Waals surface area contributed by atoms with Crippen molar-refractivity contribution in [2.45, 2.75) is 55.5 Å². The number of hydrogen-bond acceptors (Lipinski definition) is 6. The van der Waals surface area contributed by atoms with Gasteiger partial charge in [-0.2, -0.15) is 4.31 Å². The van der Waals surface area contributed by atoms with E-state index < -0.39 is 10.0 Å². The molecule has 0 aromatic carbocycles. The molecule has 2 aromatic rings. The summed E-state index contributed by atoms with van der Waals surface area (Å²) in [7, 11) is -3.58. The Morgan fingerprint density at radius 3 is 2.81 bits per heavy atom. The van der Waals surface area contributed by atoms with Gasteiger partial charge in [0.05, 0.1) is 0 Å². The number of carbonyl (C=O) groups excluding carboxylic acids is 1. The second-order valence-corrected chi connectivity index (χ2v) is 9.13. The van der Waals surface area contributed by atoms with E-state index in [2.05, 4.69) is 15.5 Å². The Kier molecular flexibility index (Phi) is 4.73. The first-order valence-corrected chi connectivity index (χ1v) is 10.6. The fourth-order valence-electron chi connectivity index (χ4n) is 3.49. The molecule has 144 valence electrons. The number of amides is 1. The summed E-state index contributed by atoms with van der Waals surface area (Å²) in [6.45, 7) is 2.20. The average Bonchev–Trinajstić information content (AvgIpc) is 3.39. The maximum Gasteiger partial charge on any atom is 0.273 e. The normalized spacial score (nSPS) is 23.9. The van der Waals surface area contributed by atoms with Gasteiger partial charge in [-0.3, -0.25) is 9.78 Å². The molecular formula is C18H22N4O4S. The number of pyridine rings is 1. The number of rotatable bonds is 5. The van der Waals surface area contributed by atoms with Gasteiger partial charge in [0.15, 0.2) is 5.69 Å². The first-order chi connectivity index (χ1) is 12.9. The number of nitrogens with zero attached hydrogens (tertiary/aromatic N) is 3. The van der Waals surface area contributed by atoms with Crippen LogP contribution >= 0.6 is 0 Å². The van der Waals surface area contributed by atoms with E-state index in [9.17, 15) is 13.2 Å². The van der Waals surface area contributed by atoms with E-state index in [1.54, 1.807) is 24.4 Å². The van der Waals surface area contributed by atoms with Crippen molar-refractivity contribution in [1.29, 1.82) is 0 Å². The third kappa shape index (κ3) is 3.74. The second-order valence-electron chi connectivity index (χ2n) is 7.24. The maximum absolute atomic E-state index is 12.8. The van der Waals surface area contributed by atoms with E-state index >= 15 is 0 Å². The molecule has 1 saturated carbocycles. The van der Waals surface area contributed by atoms with Crippen LogP contribution < -0.4 is 5.32 Å². The highest BCUT2D eigenvalue weighted by atomic mass is 32.2. The van der Waals surface area contributed by atoms with Gasteiger partial charge in [-0.1, -0.05) is 5.16 Å². The molecule has 4 rings (SSSR count). The predicted octanol–water partition coefficient (Wildman–Crippen LogP) is 1.92. The lowest BCUT2D eigenvalue weighted by molar-refractivity contribution is 0.0905. The highest BCUT2D eigenvalue weighted by Crippen LogP contribution is 2.40. The maximum atomic E-state index is 12.8. The van der Waals surface area contributed by atoms with Gasteiger partial charge in [-0.05, 0) is 44.7 Å². The Hall–Kier alpha value is -2.26. The Labute approximate surface area is 158 Å². The molecule has 27 heavy (non-hydrogen) atoms. The average molecular weight is 390 g/mol. The summed E-state index contributed by atoms with van der Waals surface area (Å²) >= 11 is 0. The summed E-state index contributed by atoms with van der Waals surface area (Å²) in [5.41, 5.74) is 0.287. The summed E-state index contributed by atoms with van der Waals surface area (Å²) < 4.78 is 32.3. The molecule has 0 radical (unpaired) electrons. The van der Waals surface area contributed by atoms with Crippen LogP contribution in [0.1, 0.15) is 54.8 Å². The molecular weight excluding hydrogens is 368 g/mol. The van der Waals surface area contributed by atoms with Crippen molar-refractivity contribution >= 4 is 15.9 Å². The van der Waals surface area contributed by atoms with Crippen molar-refractivity contribution in [1.82, 2.24) is 19.8 Å². The van der Waals surface area contributed by atoms with Crippen molar-refractivity contribution in [2.24, 2.45) is 0 Å². The minimum absolute atomic E-state index is 0.103. The molecule has 1 amide bonds. The van der Waals surface area contributed by atoms with Gasteiger partial charge in [0.2, 0.25) is 10.0 Å². The molecule has 2 atom stereocenters. The van der Waals surface area contributed by atoms with E-state index in [1.165, 1.54) is 10.5 Å². The van der Waals surface area contributed by atoms with Gasteiger partial charge >= 0.3 is 0 Å². The van der Waals surface area contributed by atoms with Gasteiger partial charge < -0.3 is 9.84 Å². The standard InChI is InChI=1S/C18H22N4O4S/c1-12-9-14(20-18(23)16-10-17(26-21-16)13-4-5-13)6-8-22(12)27(24,25)15-3-2-7-19-11-15/h2-3,7,10-14H,4-6,8-9H2,1H3,(H,20,23)/t12-,14-/m0/s1. The minimum Gasteiger partial charge on any atom is -0.360 e. The predicted molar refractivity (Wildman–Crippen MR) is 96.6 cm³/mol. The number of piperidine rings is 1. The molecule has 2 aromatic heterocycles. The van der Waals surface area contributed by atoms with Crippen LogP contribution in [0.5, 0.6) is 0 Å².